The highest BCUT2D eigenvalue weighted by molar-refractivity contribution is 5.78. The number of hydrogen-bond acceptors (Lipinski definition) is 8. The summed E-state index contributed by atoms with van der Waals surface area (Å²) in [5, 5.41) is 12.2. The Labute approximate surface area is 248 Å². The molecule has 4 aromatic rings. The third kappa shape index (κ3) is 6.33. The number of nitrogens with zero attached hydrogens (tertiary/aromatic N) is 8. The van der Waals surface area contributed by atoms with Crippen molar-refractivity contribution in [2.45, 2.75) is 31.8 Å². The number of halogens is 2. The molecule has 2 fully saturated rings. The van der Waals surface area contributed by atoms with Crippen LogP contribution in [0.2, 0.25) is 0 Å². The molecule has 222 valence electrons. The number of piperidine rings is 1. The summed E-state index contributed by atoms with van der Waals surface area (Å²) in [5.41, 5.74) is 2.74. The molecule has 2 aliphatic rings. The molecular weight excluding hydrogens is 552 g/mol. The van der Waals surface area contributed by atoms with E-state index in [2.05, 4.69) is 37.1 Å². The van der Waals surface area contributed by atoms with Gasteiger partial charge < -0.3 is 15.1 Å². The predicted molar refractivity (Wildman–Crippen MR) is 158 cm³/mol. The molecule has 1 unspecified atom stereocenters. The van der Waals surface area contributed by atoms with Gasteiger partial charge in [-0.25, -0.2) is 23.7 Å². The molecule has 2 aliphatic heterocycles. The van der Waals surface area contributed by atoms with E-state index in [1.54, 1.807) is 11.0 Å². The number of hydrogen-bond donors (Lipinski definition) is 1. The molecule has 12 heteroatoms. The Morgan fingerprint density at radius 3 is 2.63 bits per heavy atom. The summed E-state index contributed by atoms with van der Waals surface area (Å²) in [4.78, 5) is 32.2. The number of nitrogens with one attached hydrogen (secondary N) is 1. The lowest BCUT2D eigenvalue weighted by Gasteiger charge is -2.33. The molecule has 3 aromatic heterocycles. The van der Waals surface area contributed by atoms with Crippen molar-refractivity contribution in [3.8, 4) is 28.8 Å². The van der Waals surface area contributed by atoms with Crippen molar-refractivity contribution in [3.05, 3.63) is 66.0 Å². The van der Waals surface area contributed by atoms with Gasteiger partial charge >= 0.3 is 0 Å². The molecule has 1 N–H and O–H groups in total. The number of benzene rings is 1. The SMILES string of the molecule is CN1CCN(Cc2ccc(-c3nc(-c4cnc5ccc(F)cn45)nc(NC4CCCN(C(=O)CC#N)C4)c3F)cc2)CC1. The van der Waals surface area contributed by atoms with E-state index >= 15 is 4.39 Å². The number of amides is 1. The fraction of sp³-hybridized carbons (Fsp3) is 0.387. The van der Waals surface area contributed by atoms with E-state index in [0.29, 0.717) is 42.8 Å². The van der Waals surface area contributed by atoms with E-state index in [4.69, 9.17) is 5.26 Å². The van der Waals surface area contributed by atoms with Gasteiger partial charge in [0, 0.05) is 63.6 Å². The van der Waals surface area contributed by atoms with Crippen LogP contribution in [0, 0.1) is 23.0 Å². The number of carbonyl (C=O) groups is 1. The fourth-order valence-corrected chi connectivity index (χ4v) is 5.70. The van der Waals surface area contributed by atoms with Gasteiger partial charge in [0.2, 0.25) is 5.91 Å². The maximum atomic E-state index is 16.2. The van der Waals surface area contributed by atoms with Crippen LogP contribution in [0.25, 0.3) is 28.4 Å². The second kappa shape index (κ2) is 12.4. The van der Waals surface area contributed by atoms with Crippen molar-refractivity contribution >= 4 is 17.4 Å². The first-order valence-electron chi connectivity index (χ1n) is 14.5. The minimum atomic E-state index is -0.615. The zero-order chi connectivity index (χ0) is 29.9. The third-order valence-electron chi connectivity index (χ3n) is 8.12. The number of rotatable bonds is 7. The number of imidazole rings is 1. The molecule has 2 saturated heterocycles. The van der Waals surface area contributed by atoms with E-state index in [0.717, 1.165) is 38.3 Å². The minimum absolute atomic E-state index is 0.00699. The van der Waals surface area contributed by atoms with Gasteiger partial charge in [0.1, 0.15) is 29.3 Å². The quantitative estimate of drug-likeness (QED) is 0.349. The van der Waals surface area contributed by atoms with Crippen LogP contribution >= 0.6 is 0 Å². The van der Waals surface area contributed by atoms with E-state index in [1.807, 2.05) is 30.3 Å². The largest absolute Gasteiger partial charge is 0.363 e. The van der Waals surface area contributed by atoms with Crippen LogP contribution in [0.4, 0.5) is 14.6 Å². The molecule has 43 heavy (non-hydrogen) atoms. The van der Waals surface area contributed by atoms with Gasteiger partial charge in [-0.3, -0.25) is 14.1 Å². The Balaban J connectivity index is 1.33. The van der Waals surface area contributed by atoms with Crippen LogP contribution in [0.3, 0.4) is 0 Å². The normalized spacial score (nSPS) is 18.1. The highest BCUT2D eigenvalue weighted by atomic mass is 19.1. The number of likely N-dealkylation sites (tertiary alicyclic amines) is 1. The van der Waals surface area contributed by atoms with Gasteiger partial charge in [-0.05, 0) is 37.6 Å². The summed E-state index contributed by atoms with van der Waals surface area (Å²) in [6.07, 6.45) is 4.05. The van der Waals surface area contributed by atoms with Crippen molar-refractivity contribution < 1.29 is 13.6 Å². The number of fused-ring (bicyclic) bond motifs is 1. The van der Waals surface area contributed by atoms with E-state index < -0.39 is 11.6 Å². The van der Waals surface area contributed by atoms with Gasteiger partial charge in [0.05, 0.1) is 12.3 Å². The van der Waals surface area contributed by atoms with Crippen LogP contribution in [-0.4, -0.2) is 92.3 Å². The maximum absolute atomic E-state index is 16.2. The van der Waals surface area contributed by atoms with Crippen LogP contribution in [-0.2, 0) is 11.3 Å². The molecule has 0 bridgehead atoms. The van der Waals surface area contributed by atoms with E-state index in [9.17, 15) is 9.18 Å². The monoisotopic (exact) mass is 585 g/mol. The van der Waals surface area contributed by atoms with Gasteiger partial charge in [0.15, 0.2) is 17.5 Å². The minimum Gasteiger partial charge on any atom is -0.363 e. The second-order valence-electron chi connectivity index (χ2n) is 11.2. The van der Waals surface area contributed by atoms with E-state index in [1.165, 1.54) is 22.9 Å². The summed E-state index contributed by atoms with van der Waals surface area (Å²) < 4.78 is 31.9. The van der Waals surface area contributed by atoms with Crippen LogP contribution in [0.5, 0.6) is 0 Å². The fourth-order valence-electron chi connectivity index (χ4n) is 5.70. The number of anilines is 1. The highest BCUT2D eigenvalue weighted by Gasteiger charge is 2.26. The Hall–Kier alpha value is -4.47. The molecule has 0 radical (unpaired) electrons. The molecule has 1 amide bonds. The topological polar surface area (TPSA) is 106 Å². The summed E-state index contributed by atoms with van der Waals surface area (Å²) in [6.45, 7) is 5.75. The second-order valence-corrected chi connectivity index (χ2v) is 11.2. The number of aromatic nitrogens is 4. The lowest BCUT2D eigenvalue weighted by molar-refractivity contribution is -0.131. The molecule has 10 nitrogen and oxygen atoms in total. The summed E-state index contributed by atoms with van der Waals surface area (Å²) >= 11 is 0. The molecule has 1 atom stereocenters. The van der Waals surface area contributed by atoms with E-state index in [-0.39, 0.29) is 35.7 Å². The first-order chi connectivity index (χ1) is 20.9. The van der Waals surface area contributed by atoms with Crippen molar-refractivity contribution in [1.29, 1.82) is 5.26 Å². The molecule has 0 aliphatic carbocycles. The number of likely N-dealkylation sites (N-methyl/N-ethyl adjacent to an activating group) is 1. The summed E-state index contributed by atoms with van der Waals surface area (Å²) in [6, 6.07) is 12.2. The molecule has 0 saturated carbocycles. The molecule has 6 rings (SSSR count). The molecular formula is C31H33F2N9O. The summed E-state index contributed by atoms with van der Waals surface area (Å²) in [7, 11) is 2.13. The Morgan fingerprint density at radius 2 is 1.86 bits per heavy atom. The van der Waals surface area contributed by atoms with Crippen molar-refractivity contribution in [2.24, 2.45) is 0 Å². The Bertz CT molecular complexity index is 1660. The molecule has 5 heterocycles. The van der Waals surface area contributed by atoms with Crippen LogP contribution < -0.4 is 5.32 Å². The van der Waals surface area contributed by atoms with Gasteiger partial charge in [0.25, 0.3) is 0 Å². The predicted octanol–water partition coefficient (Wildman–Crippen LogP) is 3.80. The molecule has 0 spiro atoms. The average Bonchev–Trinajstić information content (AvgIpc) is 3.43. The lowest BCUT2D eigenvalue weighted by atomic mass is 10.0. The number of piperazine rings is 1. The smallest absolute Gasteiger partial charge is 0.236 e. The van der Waals surface area contributed by atoms with Crippen LogP contribution in [0.1, 0.15) is 24.8 Å². The third-order valence-corrected chi connectivity index (χ3v) is 8.12. The molecule has 1 aromatic carbocycles. The first-order valence-corrected chi connectivity index (χ1v) is 14.5. The maximum Gasteiger partial charge on any atom is 0.236 e. The highest BCUT2D eigenvalue weighted by Crippen LogP contribution is 2.30. The Morgan fingerprint density at radius 1 is 1.07 bits per heavy atom. The number of pyridine rings is 1. The zero-order valence-corrected chi connectivity index (χ0v) is 24.0. The summed E-state index contributed by atoms with van der Waals surface area (Å²) in [5.74, 6) is -1.13. The lowest BCUT2D eigenvalue weighted by Crippen LogP contribution is -2.45. The van der Waals surface area contributed by atoms with Gasteiger partial charge in [-0.1, -0.05) is 24.3 Å². The van der Waals surface area contributed by atoms with Crippen molar-refractivity contribution in [3.63, 3.8) is 0 Å². The first kappa shape index (κ1) is 28.6. The van der Waals surface area contributed by atoms with Gasteiger partial charge in [-0.2, -0.15) is 5.26 Å². The van der Waals surface area contributed by atoms with Crippen molar-refractivity contribution in [1.82, 2.24) is 34.1 Å². The van der Waals surface area contributed by atoms with Crippen molar-refractivity contribution in [2.75, 3.05) is 51.6 Å². The van der Waals surface area contributed by atoms with Gasteiger partial charge in [-0.15, -0.1) is 0 Å². The number of nitriles is 1. The number of carbonyl (C=O) groups excluding carboxylic acids is 1. The van der Waals surface area contributed by atoms with Crippen LogP contribution in [0.15, 0.2) is 48.8 Å². The average molecular weight is 586 g/mol. The standard InChI is InChI=1S/C31H33F2N9O/c1-39-13-15-40(16-14-39)18-21-4-6-22(7-5-21)29-28(33)31(36-24-3-2-12-41(20-24)27(43)10-11-34)38-30(37-29)25-17-35-26-9-8-23(32)19-42(25)26/h4-9,17,19,24H,2-3,10,12-16,18,20H2,1H3,(H,36,37,38). The Kier molecular flexibility index (Phi) is 8.26. The zero-order valence-electron chi connectivity index (χ0n) is 24.0.